The van der Waals surface area contributed by atoms with Crippen LogP contribution in [0.1, 0.15) is 39.5 Å². The molecule has 18 heavy (non-hydrogen) atoms. The van der Waals surface area contributed by atoms with Crippen molar-refractivity contribution in [1.82, 2.24) is 0 Å². The van der Waals surface area contributed by atoms with Gasteiger partial charge in [-0.15, -0.1) is 0 Å². The van der Waals surface area contributed by atoms with Crippen LogP contribution in [0.3, 0.4) is 0 Å². The molecule has 3 rings (SSSR count). The first-order chi connectivity index (χ1) is 8.56. The van der Waals surface area contributed by atoms with E-state index in [9.17, 15) is 9.59 Å². The van der Waals surface area contributed by atoms with Crippen LogP contribution in [0.5, 0.6) is 0 Å². The summed E-state index contributed by atoms with van der Waals surface area (Å²) in [5.41, 5.74) is 0. The topological polar surface area (TPSA) is 52.6 Å². The van der Waals surface area contributed by atoms with Crippen molar-refractivity contribution in [2.45, 2.75) is 51.7 Å². The second-order valence-electron chi connectivity index (χ2n) is 6.01. The van der Waals surface area contributed by atoms with Crippen LogP contribution in [0, 0.1) is 23.7 Å². The molecular formula is C14H20O4. The fourth-order valence-electron chi connectivity index (χ4n) is 4.69. The monoisotopic (exact) mass is 252 g/mol. The van der Waals surface area contributed by atoms with Crippen LogP contribution in [0.4, 0.5) is 0 Å². The van der Waals surface area contributed by atoms with Crippen molar-refractivity contribution in [3.8, 4) is 0 Å². The molecule has 3 aliphatic carbocycles. The molecule has 4 nitrogen and oxygen atoms in total. The molecule has 0 aromatic rings. The van der Waals surface area contributed by atoms with Crippen LogP contribution in [-0.2, 0) is 19.1 Å². The molecule has 0 N–H and O–H groups in total. The molecule has 100 valence electrons. The Labute approximate surface area is 107 Å². The molecule has 0 amide bonds. The fraction of sp³-hybridized carbons (Fsp3) is 0.857. The summed E-state index contributed by atoms with van der Waals surface area (Å²) in [4.78, 5) is 22.3. The standard InChI is InChI=1S/C14H20O4/c1-7(15)17-12-4-3-10-9-5-11(14(10)12)13(6-9)18-8(2)16/h9-14H,3-6H2,1-2H3. The largest absolute Gasteiger partial charge is 0.462 e. The van der Waals surface area contributed by atoms with Gasteiger partial charge in [0.25, 0.3) is 0 Å². The lowest BCUT2D eigenvalue weighted by Gasteiger charge is -2.33. The van der Waals surface area contributed by atoms with Gasteiger partial charge in [-0.3, -0.25) is 9.59 Å². The van der Waals surface area contributed by atoms with E-state index in [1.807, 2.05) is 0 Å². The highest BCUT2D eigenvalue weighted by Gasteiger charge is 2.59. The molecule has 0 heterocycles. The van der Waals surface area contributed by atoms with Crippen molar-refractivity contribution >= 4 is 11.9 Å². The lowest BCUT2D eigenvalue weighted by molar-refractivity contribution is -0.157. The van der Waals surface area contributed by atoms with Crippen molar-refractivity contribution in [1.29, 1.82) is 0 Å². The minimum absolute atomic E-state index is 0.0564. The zero-order chi connectivity index (χ0) is 12.9. The molecule has 3 saturated carbocycles. The molecular weight excluding hydrogens is 232 g/mol. The smallest absolute Gasteiger partial charge is 0.302 e. The van der Waals surface area contributed by atoms with E-state index >= 15 is 0 Å². The van der Waals surface area contributed by atoms with Crippen LogP contribution in [-0.4, -0.2) is 24.1 Å². The zero-order valence-electron chi connectivity index (χ0n) is 10.9. The Balaban J connectivity index is 1.73. The molecule has 6 atom stereocenters. The van der Waals surface area contributed by atoms with Crippen molar-refractivity contribution in [2.24, 2.45) is 23.7 Å². The maximum absolute atomic E-state index is 11.1. The minimum Gasteiger partial charge on any atom is -0.462 e. The van der Waals surface area contributed by atoms with Crippen molar-refractivity contribution in [3.05, 3.63) is 0 Å². The third-order valence-corrected chi connectivity index (χ3v) is 5.03. The predicted molar refractivity (Wildman–Crippen MR) is 63.5 cm³/mol. The summed E-state index contributed by atoms with van der Waals surface area (Å²) in [5, 5.41) is 0. The van der Waals surface area contributed by atoms with Crippen LogP contribution >= 0.6 is 0 Å². The third-order valence-electron chi connectivity index (χ3n) is 5.03. The maximum Gasteiger partial charge on any atom is 0.302 e. The van der Waals surface area contributed by atoms with Crippen LogP contribution in [0.15, 0.2) is 0 Å². The Morgan fingerprint density at radius 3 is 2.22 bits per heavy atom. The molecule has 6 unspecified atom stereocenters. The second kappa shape index (κ2) is 4.25. The summed E-state index contributed by atoms with van der Waals surface area (Å²) in [5.74, 6) is 1.82. The number of rotatable bonds is 2. The van der Waals surface area contributed by atoms with Gasteiger partial charge in [-0.05, 0) is 37.5 Å². The maximum atomic E-state index is 11.1. The van der Waals surface area contributed by atoms with Gasteiger partial charge in [0.05, 0.1) is 0 Å². The second-order valence-corrected chi connectivity index (χ2v) is 6.01. The Morgan fingerprint density at radius 1 is 0.889 bits per heavy atom. The first kappa shape index (κ1) is 12.0. The highest BCUT2D eigenvalue weighted by atomic mass is 16.5. The first-order valence-corrected chi connectivity index (χ1v) is 6.90. The number of esters is 2. The van der Waals surface area contributed by atoms with E-state index in [1.54, 1.807) is 0 Å². The first-order valence-electron chi connectivity index (χ1n) is 6.90. The molecule has 0 spiro atoms. The number of carbonyl (C=O) groups excluding carboxylic acids is 2. The van der Waals surface area contributed by atoms with Crippen molar-refractivity contribution < 1.29 is 19.1 Å². The van der Waals surface area contributed by atoms with Gasteiger partial charge >= 0.3 is 11.9 Å². The van der Waals surface area contributed by atoms with E-state index in [0.29, 0.717) is 23.7 Å². The Hall–Kier alpha value is -1.06. The highest BCUT2D eigenvalue weighted by molar-refractivity contribution is 5.66. The average molecular weight is 252 g/mol. The van der Waals surface area contributed by atoms with Crippen LogP contribution < -0.4 is 0 Å². The number of ether oxygens (including phenoxy) is 2. The van der Waals surface area contributed by atoms with E-state index in [2.05, 4.69) is 0 Å². The van der Waals surface area contributed by atoms with Gasteiger partial charge in [0, 0.05) is 25.7 Å². The van der Waals surface area contributed by atoms with E-state index in [0.717, 1.165) is 25.7 Å². The molecule has 2 bridgehead atoms. The van der Waals surface area contributed by atoms with Gasteiger partial charge in [-0.1, -0.05) is 0 Å². The number of hydrogen-bond acceptors (Lipinski definition) is 4. The van der Waals surface area contributed by atoms with E-state index in [4.69, 9.17) is 9.47 Å². The summed E-state index contributed by atoms with van der Waals surface area (Å²) in [6.45, 7) is 2.95. The third kappa shape index (κ3) is 1.82. The van der Waals surface area contributed by atoms with Gasteiger partial charge in [-0.2, -0.15) is 0 Å². The van der Waals surface area contributed by atoms with E-state index in [-0.39, 0.29) is 24.1 Å². The fourth-order valence-corrected chi connectivity index (χ4v) is 4.69. The van der Waals surface area contributed by atoms with Crippen molar-refractivity contribution in [3.63, 3.8) is 0 Å². The van der Waals surface area contributed by atoms with Crippen molar-refractivity contribution in [2.75, 3.05) is 0 Å². The average Bonchev–Trinajstić information content (AvgIpc) is 2.88. The van der Waals surface area contributed by atoms with Gasteiger partial charge < -0.3 is 9.47 Å². The van der Waals surface area contributed by atoms with Gasteiger partial charge in [-0.25, -0.2) is 0 Å². The molecule has 3 aliphatic rings. The van der Waals surface area contributed by atoms with E-state index < -0.39 is 0 Å². The summed E-state index contributed by atoms with van der Waals surface area (Å²) in [6.07, 6.45) is 4.42. The molecule has 4 heteroatoms. The molecule has 0 aromatic heterocycles. The predicted octanol–water partition coefficient (Wildman–Crippen LogP) is 1.92. The summed E-state index contributed by atoms with van der Waals surface area (Å²) < 4.78 is 10.9. The van der Waals surface area contributed by atoms with Gasteiger partial charge in [0.2, 0.25) is 0 Å². The van der Waals surface area contributed by atoms with E-state index in [1.165, 1.54) is 13.8 Å². The Kier molecular flexibility index (Phi) is 2.83. The SMILES string of the molecule is CC(=O)OC1CC2CC1C1C(OC(C)=O)CCC21. The van der Waals surface area contributed by atoms with Gasteiger partial charge in [0.1, 0.15) is 12.2 Å². The molecule has 0 radical (unpaired) electrons. The Bertz CT molecular complexity index is 378. The lowest BCUT2D eigenvalue weighted by atomic mass is 9.79. The lowest BCUT2D eigenvalue weighted by Crippen LogP contribution is -2.37. The zero-order valence-corrected chi connectivity index (χ0v) is 10.9. The summed E-state index contributed by atoms with van der Waals surface area (Å²) in [7, 11) is 0. The molecule has 0 aliphatic heterocycles. The number of carbonyl (C=O) groups is 2. The Morgan fingerprint density at radius 2 is 1.56 bits per heavy atom. The van der Waals surface area contributed by atoms with Gasteiger partial charge in [0.15, 0.2) is 0 Å². The van der Waals surface area contributed by atoms with Crippen LogP contribution in [0.2, 0.25) is 0 Å². The summed E-state index contributed by atoms with van der Waals surface area (Å²) in [6, 6.07) is 0. The molecule has 0 aromatic carbocycles. The normalized spacial score (nSPS) is 44.8. The summed E-state index contributed by atoms with van der Waals surface area (Å²) >= 11 is 0. The van der Waals surface area contributed by atoms with Crippen LogP contribution in [0.25, 0.3) is 0 Å². The molecule has 0 saturated heterocycles. The highest BCUT2D eigenvalue weighted by Crippen LogP contribution is 2.60. The quantitative estimate of drug-likeness (QED) is 0.704. The number of fused-ring (bicyclic) bond motifs is 5. The molecule has 3 fully saturated rings. The number of hydrogen-bond donors (Lipinski definition) is 0. The minimum atomic E-state index is -0.189.